The Balaban J connectivity index is 1.71. The van der Waals surface area contributed by atoms with E-state index in [0.29, 0.717) is 12.6 Å². The first-order valence-electron chi connectivity index (χ1n) is 6.93. The second kappa shape index (κ2) is 5.36. The van der Waals surface area contributed by atoms with E-state index >= 15 is 0 Å². The van der Waals surface area contributed by atoms with Crippen molar-refractivity contribution in [1.29, 1.82) is 0 Å². The van der Waals surface area contributed by atoms with E-state index in [2.05, 4.69) is 15.5 Å². The molecule has 0 aromatic heterocycles. The van der Waals surface area contributed by atoms with E-state index in [9.17, 15) is 14.7 Å². The van der Waals surface area contributed by atoms with Gasteiger partial charge < -0.3 is 20.6 Å². The highest BCUT2D eigenvalue weighted by Gasteiger charge is 2.48. The molecule has 0 aromatic rings. The summed E-state index contributed by atoms with van der Waals surface area (Å²) in [4.78, 5) is 25.2. The fourth-order valence-corrected chi connectivity index (χ4v) is 2.31. The molecule has 1 atom stereocenters. The summed E-state index contributed by atoms with van der Waals surface area (Å²) in [6.45, 7) is 2.92. The highest BCUT2D eigenvalue weighted by atomic mass is 16.4. The molecule has 2 saturated carbocycles. The van der Waals surface area contributed by atoms with Crippen LogP contribution in [-0.2, 0) is 4.79 Å². The number of nitrogens with zero attached hydrogens (tertiary/aromatic N) is 1. The molecule has 6 nitrogen and oxygen atoms in total. The first kappa shape index (κ1) is 14.1. The number of carbonyl (C=O) groups is 2. The molecule has 2 aliphatic rings. The Bertz CT molecular complexity index is 366. The number of hydrogen-bond donors (Lipinski definition) is 3. The van der Waals surface area contributed by atoms with Gasteiger partial charge in [-0.2, -0.15) is 0 Å². The molecular formula is C13H23N3O3. The number of rotatable bonds is 7. The molecule has 19 heavy (non-hydrogen) atoms. The minimum Gasteiger partial charge on any atom is -0.480 e. The smallest absolute Gasteiger partial charge is 0.329 e. The zero-order valence-electron chi connectivity index (χ0n) is 11.6. The van der Waals surface area contributed by atoms with Gasteiger partial charge in [-0.1, -0.05) is 0 Å². The molecule has 0 radical (unpaired) electrons. The van der Waals surface area contributed by atoms with E-state index in [-0.39, 0.29) is 11.9 Å². The van der Waals surface area contributed by atoms with Crippen molar-refractivity contribution in [3.63, 3.8) is 0 Å². The number of carboxylic acid groups (broad SMARTS) is 1. The summed E-state index contributed by atoms with van der Waals surface area (Å²) in [7, 11) is 2.04. The number of amides is 2. The predicted octanol–water partition coefficient (Wildman–Crippen LogP) is 0.633. The molecular weight excluding hydrogens is 246 g/mol. The lowest BCUT2D eigenvalue weighted by Crippen LogP contribution is -2.57. The third-order valence-corrected chi connectivity index (χ3v) is 4.13. The van der Waals surface area contributed by atoms with Crippen molar-refractivity contribution in [3.8, 4) is 0 Å². The van der Waals surface area contributed by atoms with Crippen molar-refractivity contribution < 1.29 is 14.7 Å². The molecule has 1 unspecified atom stereocenters. The van der Waals surface area contributed by atoms with Gasteiger partial charge in [0.15, 0.2) is 0 Å². The third kappa shape index (κ3) is 3.59. The van der Waals surface area contributed by atoms with Crippen LogP contribution in [0.15, 0.2) is 0 Å². The average Bonchev–Trinajstić information content (AvgIpc) is 3.18. The Morgan fingerprint density at radius 1 is 1.32 bits per heavy atom. The van der Waals surface area contributed by atoms with Gasteiger partial charge in [-0.05, 0) is 45.6 Å². The molecule has 3 N–H and O–H groups in total. The highest BCUT2D eigenvalue weighted by molar-refractivity contribution is 5.86. The fourth-order valence-electron chi connectivity index (χ4n) is 2.31. The van der Waals surface area contributed by atoms with Crippen LogP contribution in [0.4, 0.5) is 4.79 Å². The summed E-state index contributed by atoms with van der Waals surface area (Å²) < 4.78 is 0. The Labute approximate surface area is 113 Å². The first-order chi connectivity index (χ1) is 8.93. The van der Waals surface area contributed by atoms with Crippen LogP contribution in [0.1, 0.15) is 32.6 Å². The van der Waals surface area contributed by atoms with Crippen LogP contribution < -0.4 is 10.6 Å². The van der Waals surface area contributed by atoms with Crippen molar-refractivity contribution in [1.82, 2.24) is 15.5 Å². The minimum atomic E-state index is -1.13. The van der Waals surface area contributed by atoms with Crippen molar-refractivity contribution >= 4 is 12.0 Å². The minimum absolute atomic E-state index is 0.0601. The van der Waals surface area contributed by atoms with Gasteiger partial charge in [0.05, 0.1) is 0 Å². The Hall–Kier alpha value is -1.30. The molecule has 2 rings (SSSR count). The van der Waals surface area contributed by atoms with Crippen LogP contribution in [-0.4, -0.2) is 53.7 Å². The number of carboxylic acids is 1. The fraction of sp³-hybridized carbons (Fsp3) is 0.846. The maximum Gasteiger partial charge on any atom is 0.329 e. The Morgan fingerprint density at radius 2 is 1.95 bits per heavy atom. The summed E-state index contributed by atoms with van der Waals surface area (Å²) in [6.07, 6.45) is 4.21. The van der Waals surface area contributed by atoms with Crippen LogP contribution in [0.3, 0.4) is 0 Å². The maximum atomic E-state index is 11.8. The van der Waals surface area contributed by atoms with E-state index in [1.54, 1.807) is 6.92 Å². The number of aliphatic carboxylic acids is 1. The van der Waals surface area contributed by atoms with Gasteiger partial charge in [0.2, 0.25) is 0 Å². The van der Waals surface area contributed by atoms with Gasteiger partial charge in [0, 0.05) is 19.1 Å². The predicted molar refractivity (Wildman–Crippen MR) is 71.0 cm³/mol. The van der Waals surface area contributed by atoms with Crippen LogP contribution in [0.5, 0.6) is 0 Å². The summed E-state index contributed by atoms with van der Waals surface area (Å²) in [5.41, 5.74) is -1.13. The number of hydrogen-bond acceptors (Lipinski definition) is 3. The van der Waals surface area contributed by atoms with Crippen LogP contribution in [0, 0.1) is 5.92 Å². The molecule has 0 spiro atoms. The molecule has 6 heteroatoms. The normalized spacial score (nSPS) is 21.8. The second-order valence-electron chi connectivity index (χ2n) is 5.87. The van der Waals surface area contributed by atoms with Gasteiger partial charge in [0.1, 0.15) is 5.54 Å². The van der Waals surface area contributed by atoms with Gasteiger partial charge in [-0.3, -0.25) is 0 Å². The van der Waals surface area contributed by atoms with E-state index in [1.807, 2.05) is 7.05 Å². The summed E-state index contributed by atoms with van der Waals surface area (Å²) in [5.74, 6) is -0.898. The summed E-state index contributed by atoms with van der Waals surface area (Å²) >= 11 is 0. The summed E-state index contributed by atoms with van der Waals surface area (Å²) in [6, 6.07) is 0.279. The van der Waals surface area contributed by atoms with E-state index in [0.717, 1.165) is 19.4 Å². The second-order valence-corrected chi connectivity index (χ2v) is 5.87. The Morgan fingerprint density at radius 3 is 2.42 bits per heavy atom. The van der Waals surface area contributed by atoms with Crippen LogP contribution in [0.25, 0.3) is 0 Å². The lowest BCUT2D eigenvalue weighted by atomic mass is 9.96. The zero-order valence-corrected chi connectivity index (χ0v) is 11.6. The third-order valence-electron chi connectivity index (χ3n) is 4.13. The van der Waals surface area contributed by atoms with Crippen LogP contribution in [0.2, 0.25) is 0 Å². The zero-order chi connectivity index (χ0) is 14.0. The SMILES string of the molecule is CN(CCNC(=O)NC(C)(C(=O)O)C1CC1)C1CC1. The van der Waals surface area contributed by atoms with Gasteiger partial charge >= 0.3 is 12.0 Å². The summed E-state index contributed by atoms with van der Waals surface area (Å²) in [5, 5.41) is 14.6. The lowest BCUT2D eigenvalue weighted by Gasteiger charge is -2.26. The molecule has 0 aromatic carbocycles. The Kier molecular flexibility index (Phi) is 3.99. The quantitative estimate of drug-likeness (QED) is 0.633. The van der Waals surface area contributed by atoms with Crippen molar-refractivity contribution in [3.05, 3.63) is 0 Å². The number of likely N-dealkylation sites (N-methyl/N-ethyl adjacent to an activating group) is 1. The van der Waals surface area contributed by atoms with E-state index in [4.69, 9.17) is 0 Å². The molecule has 0 bridgehead atoms. The topological polar surface area (TPSA) is 81.7 Å². The lowest BCUT2D eigenvalue weighted by molar-refractivity contribution is -0.144. The van der Waals surface area contributed by atoms with Crippen LogP contribution >= 0.6 is 0 Å². The average molecular weight is 269 g/mol. The van der Waals surface area contributed by atoms with Gasteiger partial charge in [-0.15, -0.1) is 0 Å². The molecule has 0 aliphatic heterocycles. The monoisotopic (exact) mass is 269 g/mol. The molecule has 2 fully saturated rings. The molecule has 0 heterocycles. The van der Waals surface area contributed by atoms with Crippen molar-refractivity contribution in [2.75, 3.05) is 20.1 Å². The standard InChI is InChI=1S/C13H23N3O3/c1-13(11(17)18,9-3-4-9)15-12(19)14-7-8-16(2)10-5-6-10/h9-10H,3-8H2,1-2H3,(H,17,18)(H2,14,15,19). The van der Waals surface area contributed by atoms with E-state index in [1.165, 1.54) is 12.8 Å². The molecule has 108 valence electrons. The molecule has 2 amide bonds. The van der Waals surface area contributed by atoms with E-state index < -0.39 is 11.5 Å². The maximum absolute atomic E-state index is 11.8. The largest absolute Gasteiger partial charge is 0.480 e. The number of carbonyl (C=O) groups excluding carboxylic acids is 1. The molecule has 0 saturated heterocycles. The molecule has 2 aliphatic carbocycles. The van der Waals surface area contributed by atoms with Gasteiger partial charge in [-0.25, -0.2) is 9.59 Å². The first-order valence-corrected chi connectivity index (χ1v) is 6.93. The number of nitrogens with one attached hydrogen (secondary N) is 2. The highest BCUT2D eigenvalue weighted by Crippen LogP contribution is 2.39. The number of urea groups is 1. The van der Waals surface area contributed by atoms with Crippen molar-refractivity contribution in [2.24, 2.45) is 5.92 Å². The van der Waals surface area contributed by atoms with Crippen molar-refractivity contribution in [2.45, 2.75) is 44.2 Å². The van der Waals surface area contributed by atoms with Gasteiger partial charge in [0.25, 0.3) is 0 Å².